The smallest absolute Gasteiger partial charge is 0.337 e. The summed E-state index contributed by atoms with van der Waals surface area (Å²) in [4.78, 5) is 16.1. The molecule has 26 heavy (non-hydrogen) atoms. The molecule has 2 aromatic rings. The van der Waals surface area contributed by atoms with Gasteiger partial charge < -0.3 is 20.4 Å². The molecule has 0 aliphatic heterocycles. The van der Waals surface area contributed by atoms with Crippen LogP contribution >= 0.6 is 0 Å². The van der Waals surface area contributed by atoms with Gasteiger partial charge in [0.15, 0.2) is 5.60 Å². The summed E-state index contributed by atoms with van der Waals surface area (Å²) in [6.07, 6.45) is 6.43. The SMILES string of the molecule is CC(C)C[C@H](N)[C@](O)(Cc1nccc2oc(CCC3CC3)cc12)C(=O)O. The van der Waals surface area contributed by atoms with Crippen LogP contribution in [0.2, 0.25) is 0 Å². The van der Waals surface area contributed by atoms with E-state index in [9.17, 15) is 15.0 Å². The van der Waals surface area contributed by atoms with Crippen molar-refractivity contribution < 1.29 is 19.4 Å². The van der Waals surface area contributed by atoms with E-state index in [1.807, 2.05) is 19.9 Å². The monoisotopic (exact) mass is 360 g/mol. The van der Waals surface area contributed by atoms with Gasteiger partial charge in [0, 0.05) is 30.5 Å². The topological polar surface area (TPSA) is 110 Å². The maximum absolute atomic E-state index is 11.8. The third-order valence-corrected chi connectivity index (χ3v) is 5.22. The molecule has 2 heterocycles. The number of hydrogen-bond donors (Lipinski definition) is 3. The number of furan rings is 1. The number of aromatic nitrogens is 1. The van der Waals surface area contributed by atoms with Gasteiger partial charge in [-0.15, -0.1) is 0 Å². The summed E-state index contributed by atoms with van der Waals surface area (Å²) >= 11 is 0. The maximum Gasteiger partial charge on any atom is 0.337 e. The van der Waals surface area contributed by atoms with Crippen molar-refractivity contribution in [3.05, 3.63) is 29.8 Å². The minimum atomic E-state index is -2.06. The first-order valence-electron chi connectivity index (χ1n) is 9.37. The number of carboxylic acids is 1. The zero-order chi connectivity index (χ0) is 18.9. The normalized spacial score (nSPS) is 18.2. The van der Waals surface area contributed by atoms with Gasteiger partial charge in [0.1, 0.15) is 11.3 Å². The summed E-state index contributed by atoms with van der Waals surface area (Å²) in [5.74, 6) is 0.558. The first-order valence-corrected chi connectivity index (χ1v) is 9.37. The van der Waals surface area contributed by atoms with Crippen molar-refractivity contribution in [2.45, 2.75) is 64.0 Å². The highest BCUT2D eigenvalue weighted by Gasteiger charge is 2.43. The van der Waals surface area contributed by atoms with E-state index < -0.39 is 17.6 Å². The first-order chi connectivity index (χ1) is 12.3. The molecule has 1 aliphatic rings. The van der Waals surface area contributed by atoms with Crippen molar-refractivity contribution in [2.75, 3.05) is 0 Å². The summed E-state index contributed by atoms with van der Waals surface area (Å²) in [5, 5.41) is 21.2. The molecule has 1 saturated carbocycles. The van der Waals surface area contributed by atoms with Gasteiger partial charge in [-0.1, -0.05) is 26.7 Å². The number of aliphatic hydroxyl groups is 1. The van der Waals surface area contributed by atoms with E-state index in [-0.39, 0.29) is 12.3 Å². The third kappa shape index (κ3) is 4.07. The number of carbonyl (C=O) groups is 1. The summed E-state index contributed by atoms with van der Waals surface area (Å²) in [5.41, 5.74) is 5.18. The Morgan fingerprint density at radius 3 is 2.81 bits per heavy atom. The van der Waals surface area contributed by atoms with E-state index in [2.05, 4.69) is 4.98 Å². The lowest BCUT2D eigenvalue weighted by molar-refractivity contribution is -0.161. The lowest BCUT2D eigenvalue weighted by Crippen LogP contribution is -2.56. The van der Waals surface area contributed by atoms with Gasteiger partial charge in [0.2, 0.25) is 0 Å². The van der Waals surface area contributed by atoms with Gasteiger partial charge in [0.25, 0.3) is 0 Å². The molecular weight excluding hydrogens is 332 g/mol. The molecule has 0 spiro atoms. The lowest BCUT2D eigenvalue weighted by atomic mass is 9.84. The van der Waals surface area contributed by atoms with Crippen LogP contribution in [-0.2, 0) is 17.6 Å². The van der Waals surface area contributed by atoms with Crippen LogP contribution in [0.3, 0.4) is 0 Å². The number of nitrogens with zero attached hydrogens (tertiary/aromatic N) is 1. The predicted molar refractivity (Wildman–Crippen MR) is 98.8 cm³/mol. The molecule has 0 unspecified atom stereocenters. The summed E-state index contributed by atoms with van der Waals surface area (Å²) in [6, 6.07) is 2.82. The van der Waals surface area contributed by atoms with Crippen LogP contribution < -0.4 is 5.73 Å². The van der Waals surface area contributed by atoms with E-state index in [1.165, 1.54) is 12.8 Å². The second kappa shape index (κ2) is 7.37. The molecule has 0 radical (unpaired) electrons. The molecule has 1 fully saturated rings. The van der Waals surface area contributed by atoms with Crippen molar-refractivity contribution in [3.63, 3.8) is 0 Å². The van der Waals surface area contributed by atoms with Crippen molar-refractivity contribution in [3.8, 4) is 0 Å². The minimum Gasteiger partial charge on any atom is -0.479 e. The molecule has 0 bridgehead atoms. The molecule has 6 nitrogen and oxygen atoms in total. The number of aliphatic carboxylic acids is 1. The van der Waals surface area contributed by atoms with Gasteiger partial charge in [0.05, 0.1) is 5.69 Å². The average molecular weight is 360 g/mol. The minimum absolute atomic E-state index is 0.144. The van der Waals surface area contributed by atoms with E-state index in [1.54, 1.807) is 12.3 Å². The fourth-order valence-electron chi connectivity index (χ4n) is 3.41. The quantitative estimate of drug-likeness (QED) is 0.634. The Labute approximate surface area is 153 Å². The summed E-state index contributed by atoms with van der Waals surface area (Å²) < 4.78 is 5.89. The maximum atomic E-state index is 11.8. The predicted octanol–water partition coefficient (Wildman–Crippen LogP) is 2.90. The molecule has 2 atom stereocenters. The number of fused-ring (bicyclic) bond motifs is 1. The van der Waals surface area contributed by atoms with Crippen LogP contribution in [0.1, 0.15) is 51.0 Å². The van der Waals surface area contributed by atoms with E-state index in [0.29, 0.717) is 17.7 Å². The number of pyridine rings is 1. The Morgan fingerprint density at radius 1 is 1.46 bits per heavy atom. The van der Waals surface area contributed by atoms with Crippen LogP contribution in [-0.4, -0.2) is 32.8 Å². The summed E-state index contributed by atoms with van der Waals surface area (Å²) in [6.45, 7) is 3.90. The highest BCUT2D eigenvalue weighted by atomic mass is 16.4. The van der Waals surface area contributed by atoms with Crippen LogP contribution in [0.25, 0.3) is 11.0 Å². The molecule has 1 aliphatic carbocycles. The zero-order valence-corrected chi connectivity index (χ0v) is 15.4. The first kappa shape index (κ1) is 18.9. The molecule has 0 aromatic carbocycles. The van der Waals surface area contributed by atoms with Gasteiger partial charge in [-0.3, -0.25) is 4.98 Å². The van der Waals surface area contributed by atoms with Crippen LogP contribution in [0.15, 0.2) is 22.7 Å². The van der Waals surface area contributed by atoms with Crippen LogP contribution in [0, 0.1) is 11.8 Å². The number of rotatable bonds is 9. The fourth-order valence-corrected chi connectivity index (χ4v) is 3.41. The molecule has 142 valence electrons. The molecule has 4 N–H and O–H groups in total. The second-order valence-corrected chi connectivity index (χ2v) is 8.01. The van der Waals surface area contributed by atoms with Gasteiger partial charge >= 0.3 is 5.97 Å². The second-order valence-electron chi connectivity index (χ2n) is 8.01. The number of hydrogen-bond acceptors (Lipinski definition) is 5. The number of aryl methyl sites for hydroxylation is 1. The Balaban J connectivity index is 1.86. The van der Waals surface area contributed by atoms with E-state index >= 15 is 0 Å². The Hall–Kier alpha value is -1.92. The standard InChI is InChI=1S/C20H28N2O4/c1-12(2)9-18(21)20(25,19(23)24)11-16-15-10-14(6-5-13-3-4-13)26-17(15)7-8-22-16/h7-8,10,12-13,18,25H,3-6,9,11,21H2,1-2H3,(H,23,24)/t18-,20+/m0/s1. The van der Waals surface area contributed by atoms with Crippen molar-refractivity contribution in [1.82, 2.24) is 4.98 Å². The zero-order valence-electron chi connectivity index (χ0n) is 15.4. The van der Waals surface area contributed by atoms with Crippen molar-refractivity contribution in [1.29, 1.82) is 0 Å². The summed E-state index contributed by atoms with van der Waals surface area (Å²) in [7, 11) is 0. The largest absolute Gasteiger partial charge is 0.479 e. The molecular formula is C20H28N2O4. The van der Waals surface area contributed by atoms with Gasteiger partial charge in [-0.25, -0.2) is 4.79 Å². The molecule has 3 rings (SSSR count). The highest BCUT2D eigenvalue weighted by molar-refractivity contribution is 5.83. The van der Waals surface area contributed by atoms with Crippen molar-refractivity contribution in [2.24, 2.45) is 17.6 Å². The van der Waals surface area contributed by atoms with E-state index in [4.69, 9.17) is 10.2 Å². The highest BCUT2D eigenvalue weighted by Crippen LogP contribution is 2.34. The van der Waals surface area contributed by atoms with Gasteiger partial charge in [-0.05, 0) is 36.8 Å². The Bertz CT molecular complexity index is 781. The molecule has 2 aromatic heterocycles. The average Bonchev–Trinajstić information content (AvgIpc) is 3.30. The lowest BCUT2D eigenvalue weighted by Gasteiger charge is -2.30. The van der Waals surface area contributed by atoms with E-state index in [0.717, 1.165) is 29.9 Å². The molecule has 6 heteroatoms. The third-order valence-electron chi connectivity index (χ3n) is 5.22. The Morgan fingerprint density at radius 2 is 2.19 bits per heavy atom. The molecule has 0 saturated heterocycles. The fraction of sp³-hybridized carbons (Fsp3) is 0.600. The van der Waals surface area contributed by atoms with Crippen LogP contribution in [0.4, 0.5) is 0 Å². The molecule has 0 amide bonds. The number of carboxylic acid groups (broad SMARTS) is 1. The Kier molecular flexibility index (Phi) is 5.34. The van der Waals surface area contributed by atoms with Crippen molar-refractivity contribution >= 4 is 16.9 Å². The van der Waals surface area contributed by atoms with Gasteiger partial charge in [-0.2, -0.15) is 0 Å². The number of nitrogens with two attached hydrogens (primary N) is 1. The van der Waals surface area contributed by atoms with Crippen LogP contribution in [0.5, 0.6) is 0 Å².